The molecule has 0 saturated carbocycles. The van der Waals surface area contributed by atoms with Crippen molar-refractivity contribution in [2.75, 3.05) is 44.6 Å². The summed E-state index contributed by atoms with van der Waals surface area (Å²) in [4.78, 5) is 17.9. The molecule has 2 aromatic rings. The van der Waals surface area contributed by atoms with Gasteiger partial charge in [-0.15, -0.1) is 5.10 Å². The predicted octanol–water partition coefficient (Wildman–Crippen LogP) is 0.504. The van der Waals surface area contributed by atoms with Gasteiger partial charge in [0.25, 0.3) is 0 Å². The van der Waals surface area contributed by atoms with Crippen LogP contribution in [0, 0.1) is 5.92 Å². The van der Waals surface area contributed by atoms with Crippen LogP contribution in [0.3, 0.4) is 0 Å². The van der Waals surface area contributed by atoms with Crippen LogP contribution in [0.2, 0.25) is 0 Å². The van der Waals surface area contributed by atoms with Gasteiger partial charge >= 0.3 is 6.03 Å². The number of piperidine rings is 2. The van der Waals surface area contributed by atoms with E-state index < -0.39 is 0 Å². The zero-order valence-corrected chi connectivity index (χ0v) is 15.5. The van der Waals surface area contributed by atoms with Gasteiger partial charge in [0.2, 0.25) is 0 Å². The number of fused-ring (bicyclic) bond motifs is 1. The van der Waals surface area contributed by atoms with Crippen LogP contribution in [0.1, 0.15) is 5.56 Å². The third kappa shape index (κ3) is 2.89. The lowest BCUT2D eigenvalue weighted by Crippen LogP contribution is -2.71. The Hall–Kier alpha value is -2.45. The number of hydrogen-bond donors (Lipinski definition) is 2. The first kappa shape index (κ1) is 16.7. The quantitative estimate of drug-likeness (QED) is 0.826. The van der Waals surface area contributed by atoms with Gasteiger partial charge in [-0.3, -0.25) is 10.00 Å². The second kappa shape index (κ2) is 6.31. The number of nitrogens with zero attached hydrogens (tertiary/aromatic N) is 5. The first-order chi connectivity index (χ1) is 13.1. The van der Waals surface area contributed by atoms with E-state index in [-0.39, 0.29) is 17.5 Å². The number of carbonyl (C=O) groups excluding carboxylic acids is 1. The zero-order valence-electron chi connectivity index (χ0n) is 15.5. The summed E-state index contributed by atoms with van der Waals surface area (Å²) in [6.07, 6.45) is 1.70. The number of aryl methyl sites for hydroxylation is 1. The minimum absolute atomic E-state index is 0.0847. The molecule has 1 aromatic heterocycles. The van der Waals surface area contributed by atoms with Crippen LogP contribution in [-0.4, -0.2) is 76.1 Å². The summed E-state index contributed by atoms with van der Waals surface area (Å²) in [6, 6.07) is 10.6. The first-order valence-electron chi connectivity index (χ1n) is 9.56. The highest BCUT2D eigenvalue weighted by atomic mass is 16.2. The number of benzene rings is 1. The molecule has 2 unspecified atom stereocenters. The normalized spacial score (nSPS) is 34.3. The van der Waals surface area contributed by atoms with Gasteiger partial charge in [0.1, 0.15) is 0 Å². The fourth-order valence-electron chi connectivity index (χ4n) is 5.27. The van der Waals surface area contributed by atoms with Crippen LogP contribution in [0.25, 0.3) is 0 Å². The fraction of sp³-hybridized carbons (Fsp3) is 0.526. The van der Waals surface area contributed by atoms with Crippen molar-refractivity contribution in [3.05, 3.63) is 42.1 Å². The summed E-state index contributed by atoms with van der Waals surface area (Å²) in [7, 11) is 1.78. The number of carbonyl (C=O) groups is 1. The number of nitrogens with one attached hydrogen (secondary N) is 2. The van der Waals surface area contributed by atoms with E-state index in [2.05, 4.69) is 61.1 Å². The highest BCUT2D eigenvalue weighted by Gasteiger charge is 2.55. The van der Waals surface area contributed by atoms with Crippen LogP contribution < -0.4 is 10.6 Å². The van der Waals surface area contributed by atoms with Gasteiger partial charge in [0, 0.05) is 63.7 Å². The largest absolute Gasteiger partial charge is 0.334 e. The van der Waals surface area contributed by atoms with Crippen molar-refractivity contribution in [1.82, 2.24) is 30.1 Å². The molecule has 8 nitrogen and oxygen atoms in total. The maximum Gasteiger partial charge on any atom is 0.320 e. The predicted molar refractivity (Wildman–Crippen MR) is 101 cm³/mol. The van der Waals surface area contributed by atoms with E-state index in [1.54, 1.807) is 17.9 Å². The minimum Gasteiger partial charge on any atom is -0.334 e. The molecule has 2 N–H and O–H groups in total. The molecule has 0 radical (unpaired) electrons. The van der Waals surface area contributed by atoms with Gasteiger partial charge in [-0.1, -0.05) is 35.5 Å². The second-order valence-electron chi connectivity index (χ2n) is 8.11. The Morgan fingerprint density at radius 1 is 1.15 bits per heavy atom. The molecule has 1 aromatic carbocycles. The molecule has 4 bridgehead atoms. The summed E-state index contributed by atoms with van der Waals surface area (Å²) in [5.41, 5.74) is 1.23. The molecule has 4 aliphatic heterocycles. The smallest absolute Gasteiger partial charge is 0.320 e. The molecular weight excluding hydrogens is 342 g/mol. The van der Waals surface area contributed by atoms with Gasteiger partial charge < -0.3 is 15.1 Å². The molecule has 8 heteroatoms. The van der Waals surface area contributed by atoms with Crippen molar-refractivity contribution in [2.24, 2.45) is 13.0 Å². The van der Waals surface area contributed by atoms with Gasteiger partial charge in [0.05, 0.1) is 6.20 Å². The third-order valence-corrected chi connectivity index (χ3v) is 6.28. The minimum atomic E-state index is -0.202. The van der Waals surface area contributed by atoms with Crippen molar-refractivity contribution in [3.63, 3.8) is 0 Å². The molecule has 4 fully saturated rings. The number of urea groups is 1. The Balaban J connectivity index is 1.45. The number of hydrogen-bond acceptors (Lipinski definition) is 5. The zero-order chi connectivity index (χ0) is 18.4. The highest BCUT2D eigenvalue weighted by Crippen LogP contribution is 2.43. The second-order valence-corrected chi connectivity index (χ2v) is 8.11. The number of aromatic nitrogens is 3. The SMILES string of the molecule is Cn1cc(NC(=O)N[C@H]2C3CN4CCN(C3)CC2(c2ccccc2)C4)nn1. The van der Waals surface area contributed by atoms with Gasteiger partial charge in [-0.2, -0.15) is 0 Å². The summed E-state index contributed by atoms with van der Waals surface area (Å²) in [5, 5.41) is 14.0. The van der Waals surface area contributed by atoms with Crippen LogP contribution in [0.5, 0.6) is 0 Å². The topological polar surface area (TPSA) is 78.3 Å². The summed E-state index contributed by atoms with van der Waals surface area (Å²) in [6.45, 7) is 6.29. The monoisotopic (exact) mass is 367 g/mol. The molecule has 4 saturated heterocycles. The molecule has 0 aliphatic carbocycles. The molecule has 2 amide bonds. The average Bonchev–Trinajstić information content (AvgIpc) is 2.90. The number of rotatable bonds is 3. The van der Waals surface area contributed by atoms with Crippen LogP contribution in [-0.2, 0) is 12.5 Å². The standard InChI is InChI=1S/C19H25N7O/c1-24-11-16(22-23-24)20-18(27)21-17-14-9-25-7-8-26(10-14)13-19(17,12-25)15-5-3-2-4-6-15/h2-6,11,14,17H,7-10,12-13H2,1H3,(H2,20,21,27)/t14?,17-,19?/m0/s1. The van der Waals surface area contributed by atoms with Crippen molar-refractivity contribution in [3.8, 4) is 0 Å². The van der Waals surface area contributed by atoms with Crippen molar-refractivity contribution in [1.29, 1.82) is 0 Å². The van der Waals surface area contributed by atoms with E-state index in [4.69, 9.17) is 0 Å². The Morgan fingerprint density at radius 2 is 1.85 bits per heavy atom. The first-order valence-corrected chi connectivity index (χ1v) is 9.56. The molecule has 27 heavy (non-hydrogen) atoms. The maximum atomic E-state index is 12.7. The lowest BCUT2D eigenvalue weighted by atomic mass is 9.64. The summed E-state index contributed by atoms with van der Waals surface area (Å²) in [5.74, 6) is 0.889. The number of anilines is 1. The lowest BCUT2D eigenvalue weighted by molar-refractivity contribution is 0.0238. The Kier molecular flexibility index (Phi) is 3.91. The Morgan fingerprint density at radius 3 is 2.48 bits per heavy atom. The molecule has 142 valence electrons. The van der Waals surface area contributed by atoms with E-state index in [9.17, 15) is 4.79 Å². The van der Waals surface area contributed by atoms with E-state index in [1.165, 1.54) is 5.56 Å². The van der Waals surface area contributed by atoms with Gasteiger partial charge in [0.15, 0.2) is 5.82 Å². The highest BCUT2D eigenvalue weighted by molar-refractivity contribution is 5.88. The molecular formula is C19H25N7O. The summed E-state index contributed by atoms with van der Waals surface area (Å²) < 4.78 is 1.58. The van der Waals surface area contributed by atoms with Crippen molar-refractivity contribution < 1.29 is 4.79 Å². The van der Waals surface area contributed by atoms with E-state index in [0.717, 1.165) is 39.3 Å². The maximum absolute atomic E-state index is 12.7. The fourth-order valence-corrected chi connectivity index (χ4v) is 5.27. The van der Waals surface area contributed by atoms with Crippen LogP contribution in [0.15, 0.2) is 36.5 Å². The molecule has 0 spiro atoms. The van der Waals surface area contributed by atoms with Gasteiger partial charge in [-0.05, 0) is 5.56 Å². The molecule has 5 heterocycles. The van der Waals surface area contributed by atoms with Gasteiger partial charge in [-0.25, -0.2) is 4.79 Å². The number of amides is 2. The molecule has 4 aliphatic rings. The Bertz CT molecular complexity index is 820. The van der Waals surface area contributed by atoms with Crippen molar-refractivity contribution >= 4 is 11.8 Å². The van der Waals surface area contributed by atoms with E-state index in [0.29, 0.717) is 11.7 Å². The lowest BCUT2D eigenvalue weighted by Gasteiger charge is -2.55. The van der Waals surface area contributed by atoms with E-state index in [1.807, 2.05) is 0 Å². The van der Waals surface area contributed by atoms with E-state index >= 15 is 0 Å². The molecule has 6 rings (SSSR count). The van der Waals surface area contributed by atoms with Crippen LogP contribution in [0.4, 0.5) is 10.6 Å². The Labute approximate surface area is 158 Å². The third-order valence-electron chi connectivity index (χ3n) is 6.28. The summed E-state index contributed by atoms with van der Waals surface area (Å²) >= 11 is 0. The molecule has 3 atom stereocenters. The average molecular weight is 367 g/mol. The van der Waals surface area contributed by atoms with Crippen molar-refractivity contribution in [2.45, 2.75) is 11.5 Å². The van der Waals surface area contributed by atoms with Crippen LogP contribution >= 0.6 is 0 Å².